The van der Waals surface area contributed by atoms with Crippen molar-refractivity contribution in [3.8, 4) is 11.1 Å². The van der Waals surface area contributed by atoms with E-state index >= 15 is 0 Å². The third-order valence-electron chi connectivity index (χ3n) is 9.33. The number of nitrogens with two attached hydrogens (primary N) is 2. The summed E-state index contributed by atoms with van der Waals surface area (Å²) in [5, 5.41) is 13.4. The third-order valence-corrected chi connectivity index (χ3v) is 9.70. The first-order valence-electron chi connectivity index (χ1n) is 18.7. The number of aliphatic imine (C=N–C) groups is 1. The van der Waals surface area contributed by atoms with Gasteiger partial charge in [-0.25, -0.2) is 0 Å². The van der Waals surface area contributed by atoms with Gasteiger partial charge >= 0.3 is 0 Å². The number of hydrogen-bond acceptors (Lipinski definition) is 6. The normalized spacial score (nSPS) is 12.4. The number of carbonyl (C=O) groups is 4. The zero-order valence-electron chi connectivity index (χ0n) is 31.2. The monoisotopic (exact) mass is 771 g/mol. The maximum absolute atomic E-state index is 14.1. The van der Waals surface area contributed by atoms with E-state index in [1.54, 1.807) is 0 Å². The number of amides is 4. The number of guanidine groups is 1. The smallest absolute Gasteiger partial charge is 0.244 e. The van der Waals surface area contributed by atoms with Gasteiger partial charge in [0.15, 0.2) is 5.96 Å². The summed E-state index contributed by atoms with van der Waals surface area (Å²) >= 11 is 4.34. The summed E-state index contributed by atoms with van der Waals surface area (Å²) in [7, 11) is 0. The molecule has 12 heteroatoms. The van der Waals surface area contributed by atoms with E-state index < -0.39 is 29.9 Å². The van der Waals surface area contributed by atoms with Gasteiger partial charge in [0.1, 0.15) is 18.1 Å². The number of hydrogen-bond donors (Lipinski definition) is 7. The second-order valence-corrected chi connectivity index (χ2v) is 13.8. The summed E-state index contributed by atoms with van der Waals surface area (Å²) in [5.41, 5.74) is 15.8. The number of nitrogens with one attached hydrogen (secondary N) is 4. The van der Waals surface area contributed by atoms with E-state index in [2.05, 4.69) is 38.9 Å². The molecule has 5 rings (SSSR count). The Morgan fingerprint density at radius 2 is 1.25 bits per heavy atom. The molecule has 56 heavy (non-hydrogen) atoms. The van der Waals surface area contributed by atoms with Crippen LogP contribution in [0, 0.1) is 0 Å². The molecule has 5 aromatic carbocycles. The molecule has 0 saturated heterocycles. The van der Waals surface area contributed by atoms with Crippen LogP contribution in [0.4, 0.5) is 0 Å². The van der Waals surface area contributed by atoms with Gasteiger partial charge in [0.2, 0.25) is 23.6 Å². The Kier molecular flexibility index (Phi) is 15.4. The molecule has 0 bridgehead atoms. The van der Waals surface area contributed by atoms with Crippen LogP contribution >= 0.6 is 12.6 Å². The average Bonchev–Trinajstić information content (AvgIpc) is 3.21. The van der Waals surface area contributed by atoms with E-state index in [1.165, 1.54) is 0 Å². The van der Waals surface area contributed by atoms with Gasteiger partial charge < -0.3 is 32.7 Å². The minimum Gasteiger partial charge on any atom is -0.370 e. The lowest BCUT2D eigenvalue weighted by Gasteiger charge is -2.25. The van der Waals surface area contributed by atoms with Gasteiger partial charge in [0.25, 0.3) is 0 Å². The molecule has 0 aliphatic carbocycles. The molecule has 0 aromatic heterocycles. The molecular weight excluding hydrogens is 723 g/mol. The molecule has 0 spiro atoms. The summed E-state index contributed by atoms with van der Waals surface area (Å²) < 4.78 is 0. The van der Waals surface area contributed by atoms with Crippen molar-refractivity contribution in [1.29, 1.82) is 0 Å². The van der Waals surface area contributed by atoms with Gasteiger partial charge in [-0.2, -0.15) is 12.6 Å². The van der Waals surface area contributed by atoms with Crippen molar-refractivity contribution >= 4 is 53.0 Å². The fourth-order valence-corrected chi connectivity index (χ4v) is 6.64. The molecule has 8 N–H and O–H groups in total. The van der Waals surface area contributed by atoms with Gasteiger partial charge in [-0.15, -0.1) is 0 Å². The highest BCUT2D eigenvalue weighted by Crippen LogP contribution is 2.21. The summed E-state index contributed by atoms with van der Waals surface area (Å²) in [6, 6.07) is 38.0. The second-order valence-electron chi connectivity index (χ2n) is 13.5. The lowest BCUT2D eigenvalue weighted by Crippen LogP contribution is -2.57. The molecule has 3 atom stereocenters. The first kappa shape index (κ1) is 41.0. The topological polar surface area (TPSA) is 181 Å². The molecule has 0 fully saturated rings. The summed E-state index contributed by atoms with van der Waals surface area (Å²) in [4.78, 5) is 58.6. The van der Waals surface area contributed by atoms with Crippen molar-refractivity contribution < 1.29 is 19.2 Å². The van der Waals surface area contributed by atoms with E-state index in [0.29, 0.717) is 19.4 Å². The summed E-state index contributed by atoms with van der Waals surface area (Å²) in [6.45, 7) is 0.584. The number of carbonyl (C=O) groups excluding carboxylic acids is 4. The van der Waals surface area contributed by atoms with Crippen LogP contribution in [0.5, 0.6) is 0 Å². The first-order chi connectivity index (χ1) is 27.2. The maximum atomic E-state index is 14.1. The van der Waals surface area contributed by atoms with Crippen molar-refractivity contribution in [3.63, 3.8) is 0 Å². The highest BCUT2D eigenvalue weighted by molar-refractivity contribution is 7.80. The van der Waals surface area contributed by atoms with Crippen molar-refractivity contribution in [2.24, 2.45) is 16.5 Å². The molecule has 4 amide bonds. The van der Waals surface area contributed by atoms with Crippen LogP contribution in [0.25, 0.3) is 21.9 Å². The molecule has 0 aliphatic rings. The fraction of sp³-hybridized carbons (Fsp3) is 0.250. The average molecular weight is 772 g/mol. The zero-order valence-corrected chi connectivity index (χ0v) is 32.1. The van der Waals surface area contributed by atoms with Crippen LogP contribution in [-0.4, -0.2) is 66.6 Å². The number of thiol groups is 1. The summed E-state index contributed by atoms with van der Waals surface area (Å²) in [6.07, 6.45) is 1.38. The molecule has 0 unspecified atom stereocenters. The molecule has 0 heterocycles. The van der Waals surface area contributed by atoms with Gasteiger partial charge in [-0.3, -0.25) is 24.2 Å². The number of rotatable bonds is 19. The Morgan fingerprint density at radius 3 is 1.96 bits per heavy atom. The molecule has 290 valence electrons. The molecule has 0 radical (unpaired) electrons. The number of benzene rings is 5. The van der Waals surface area contributed by atoms with Gasteiger partial charge in [0, 0.05) is 25.3 Å². The first-order valence-corrected chi connectivity index (χ1v) is 19.3. The second kappa shape index (κ2) is 21.1. The Labute approximate surface area is 333 Å². The van der Waals surface area contributed by atoms with Crippen molar-refractivity contribution in [2.75, 3.05) is 18.8 Å². The Hall–Kier alpha value is -6.14. The largest absolute Gasteiger partial charge is 0.370 e. The minimum absolute atomic E-state index is 0.0135. The minimum atomic E-state index is -1.08. The predicted molar refractivity (Wildman–Crippen MR) is 226 cm³/mol. The van der Waals surface area contributed by atoms with Gasteiger partial charge in [-0.05, 0) is 57.9 Å². The highest BCUT2D eigenvalue weighted by Gasteiger charge is 2.29. The lowest BCUT2D eigenvalue weighted by atomic mass is 9.98. The lowest BCUT2D eigenvalue weighted by molar-refractivity contribution is -0.133. The zero-order chi connectivity index (χ0) is 39.7. The van der Waals surface area contributed by atoms with Crippen LogP contribution < -0.4 is 32.7 Å². The quantitative estimate of drug-likeness (QED) is 0.0288. The van der Waals surface area contributed by atoms with E-state index in [4.69, 9.17) is 11.5 Å². The predicted octanol–water partition coefficient (Wildman–Crippen LogP) is 4.09. The van der Waals surface area contributed by atoms with E-state index in [0.717, 1.165) is 38.6 Å². The van der Waals surface area contributed by atoms with E-state index in [9.17, 15) is 19.2 Å². The maximum Gasteiger partial charge on any atom is 0.244 e. The van der Waals surface area contributed by atoms with Crippen molar-refractivity contribution in [2.45, 2.75) is 50.2 Å². The molecule has 0 aliphatic heterocycles. The highest BCUT2D eigenvalue weighted by atomic mass is 32.1. The number of nitrogens with zero attached hydrogens (tertiary/aromatic N) is 1. The third kappa shape index (κ3) is 12.5. The van der Waals surface area contributed by atoms with Crippen LogP contribution in [0.3, 0.4) is 0 Å². The fourth-order valence-electron chi connectivity index (χ4n) is 6.39. The van der Waals surface area contributed by atoms with Gasteiger partial charge in [-0.1, -0.05) is 127 Å². The molecule has 11 nitrogen and oxygen atoms in total. The standard InChI is InChI=1S/C44H49N7O4S/c45-44(46)48-25-10-19-37(50-43(55)39(29-56)49-40(52)27-31-20-22-33(23-21-31)32-13-5-2-6-14-32)42(54)51-38(41(53)47-26-24-30-11-3-1-4-12-30)28-35-17-9-16-34-15-7-8-18-36(34)35/h1-9,11-18,20-23,37-39,56H,10,19,24-29H2,(H,47,53)(H,49,52)(H,50,55)(H,51,54)(H4,45,46,48)/t37-,38+,39+/m1/s1. The Balaban J connectivity index is 1.28. The van der Waals surface area contributed by atoms with Crippen LogP contribution in [0.2, 0.25) is 0 Å². The number of fused-ring (bicyclic) bond motifs is 1. The van der Waals surface area contributed by atoms with Crippen LogP contribution in [0.1, 0.15) is 29.5 Å². The Bertz CT molecular complexity index is 2090. The molecular formula is C44H49N7O4S. The Morgan fingerprint density at radius 1 is 0.625 bits per heavy atom. The van der Waals surface area contributed by atoms with Crippen molar-refractivity contribution in [3.05, 3.63) is 144 Å². The van der Waals surface area contributed by atoms with E-state index in [1.807, 2.05) is 127 Å². The van der Waals surface area contributed by atoms with Crippen LogP contribution in [0.15, 0.2) is 132 Å². The van der Waals surface area contributed by atoms with Crippen molar-refractivity contribution in [1.82, 2.24) is 21.3 Å². The van der Waals surface area contributed by atoms with Gasteiger partial charge in [0.05, 0.1) is 6.42 Å². The summed E-state index contributed by atoms with van der Waals surface area (Å²) in [5.74, 6) is -1.99. The molecule has 5 aromatic rings. The molecule has 0 saturated carbocycles. The van der Waals surface area contributed by atoms with E-state index in [-0.39, 0.29) is 49.3 Å². The van der Waals surface area contributed by atoms with Crippen LogP contribution in [-0.2, 0) is 38.4 Å². The SMILES string of the molecule is NC(N)=NCCC[C@@H](NC(=O)[C@H](CS)NC(=O)Cc1ccc(-c2ccccc2)cc1)C(=O)N[C@@H](Cc1cccc2ccccc12)C(=O)NCCc1ccccc1.